The summed E-state index contributed by atoms with van der Waals surface area (Å²) >= 11 is 1.35. The van der Waals surface area contributed by atoms with Gasteiger partial charge in [0.25, 0.3) is 0 Å². The monoisotopic (exact) mass is 259 g/mol. The largest absolute Gasteiger partial charge is 0.365 e. The van der Waals surface area contributed by atoms with Crippen molar-refractivity contribution in [2.75, 3.05) is 5.32 Å². The lowest BCUT2D eigenvalue weighted by Crippen LogP contribution is -2.11. The standard InChI is InChI=1S/C12H13N5S/c1-8(14-11-7-13-16-18-11)12-15-9-5-3-4-6-10(9)17(12)2/h3-8,14H,1-2H3. The number of aryl methyl sites for hydroxylation is 1. The first kappa shape index (κ1) is 11.2. The van der Waals surface area contributed by atoms with Crippen molar-refractivity contribution in [1.82, 2.24) is 19.1 Å². The van der Waals surface area contributed by atoms with Gasteiger partial charge in [0.1, 0.15) is 10.8 Å². The summed E-state index contributed by atoms with van der Waals surface area (Å²) in [5, 5.41) is 8.12. The fourth-order valence-corrected chi connectivity index (χ4v) is 2.57. The van der Waals surface area contributed by atoms with Gasteiger partial charge in [0.15, 0.2) is 0 Å². The van der Waals surface area contributed by atoms with Crippen LogP contribution in [0.1, 0.15) is 18.8 Å². The maximum atomic E-state index is 4.66. The van der Waals surface area contributed by atoms with Crippen molar-refractivity contribution in [2.24, 2.45) is 7.05 Å². The van der Waals surface area contributed by atoms with Crippen molar-refractivity contribution in [3.63, 3.8) is 0 Å². The highest BCUT2D eigenvalue weighted by atomic mass is 32.1. The van der Waals surface area contributed by atoms with Crippen LogP contribution in [0.3, 0.4) is 0 Å². The van der Waals surface area contributed by atoms with E-state index >= 15 is 0 Å². The Morgan fingerprint density at radius 2 is 2.17 bits per heavy atom. The molecule has 0 saturated heterocycles. The highest BCUT2D eigenvalue weighted by molar-refractivity contribution is 7.09. The smallest absolute Gasteiger partial charge is 0.131 e. The molecule has 1 unspecified atom stereocenters. The molecule has 0 amide bonds. The van der Waals surface area contributed by atoms with Crippen LogP contribution in [0.15, 0.2) is 30.5 Å². The van der Waals surface area contributed by atoms with Gasteiger partial charge >= 0.3 is 0 Å². The lowest BCUT2D eigenvalue weighted by molar-refractivity contribution is 0.735. The van der Waals surface area contributed by atoms with Crippen LogP contribution in [-0.4, -0.2) is 19.1 Å². The number of anilines is 1. The maximum Gasteiger partial charge on any atom is 0.131 e. The van der Waals surface area contributed by atoms with Crippen LogP contribution in [0.5, 0.6) is 0 Å². The van der Waals surface area contributed by atoms with Crippen molar-refractivity contribution in [2.45, 2.75) is 13.0 Å². The third-order valence-electron chi connectivity index (χ3n) is 2.93. The van der Waals surface area contributed by atoms with Crippen LogP contribution in [0.2, 0.25) is 0 Å². The Kier molecular flexibility index (Phi) is 2.71. The van der Waals surface area contributed by atoms with Gasteiger partial charge in [-0.05, 0) is 19.1 Å². The first-order valence-corrected chi connectivity index (χ1v) is 6.48. The van der Waals surface area contributed by atoms with Crippen molar-refractivity contribution in [3.05, 3.63) is 36.3 Å². The number of hydrogen-bond donors (Lipinski definition) is 1. The molecule has 2 heterocycles. The van der Waals surface area contributed by atoms with E-state index in [0.717, 1.165) is 21.9 Å². The predicted octanol–water partition coefficient (Wildman–Crippen LogP) is 2.60. The van der Waals surface area contributed by atoms with Crippen molar-refractivity contribution in [3.8, 4) is 0 Å². The maximum absolute atomic E-state index is 4.66. The molecule has 0 radical (unpaired) electrons. The topological polar surface area (TPSA) is 55.6 Å². The van der Waals surface area contributed by atoms with Gasteiger partial charge in [0.05, 0.1) is 23.3 Å². The van der Waals surface area contributed by atoms with Crippen LogP contribution in [-0.2, 0) is 7.05 Å². The summed E-state index contributed by atoms with van der Waals surface area (Å²) in [7, 11) is 2.04. The molecule has 0 bridgehead atoms. The summed E-state index contributed by atoms with van der Waals surface area (Å²) in [5.41, 5.74) is 2.16. The van der Waals surface area contributed by atoms with Crippen LogP contribution < -0.4 is 5.32 Å². The Balaban J connectivity index is 1.96. The zero-order chi connectivity index (χ0) is 12.5. The summed E-state index contributed by atoms with van der Waals surface area (Å²) in [4.78, 5) is 4.66. The van der Waals surface area contributed by atoms with E-state index in [1.807, 2.05) is 25.2 Å². The summed E-state index contributed by atoms with van der Waals surface area (Å²) < 4.78 is 5.95. The van der Waals surface area contributed by atoms with Crippen LogP contribution in [0.25, 0.3) is 11.0 Å². The van der Waals surface area contributed by atoms with Gasteiger partial charge in [-0.2, -0.15) is 0 Å². The minimum absolute atomic E-state index is 0.115. The first-order chi connectivity index (χ1) is 8.75. The number of imidazole rings is 1. The highest BCUT2D eigenvalue weighted by Crippen LogP contribution is 2.23. The molecule has 1 N–H and O–H groups in total. The Hall–Kier alpha value is -1.95. The molecule has 0 fully saturated rings. The summed E-state index contributed by atoms with van der Waals surface area (Å²) in [5.74, 6) is 1.00. The third kappa shape index (κ3) is 1.84. The zero-order valence-corrected chi connectivity index (χ0v) is 11.0. The fourth-order valence-electron chi connectivity index (χ4n) is 2.06. The van der Waals surface area contributed by atoms with Gasteiger partial charge in [0.2, 0.25) is 0 Å². The Labute approximate surface area is 109 Å². The summed E-state index contributed by atoms with van der Waals surface area (Å²) in [6.45, 7) is 2.08. The first-order valence-electron chi connectivity index (χ1n) is 5.71. The van der Waals surface area contributed by atoms with Crippen molar-refractivity contribution >= 4 is 27.6 Å². The lowest BCUT2D eigenvalue weighted by Gasteiger charge is -2.12. The fraction of sp³-hybridized carbons (Fsp3) is 0.250. The number of fused-ring (bicyclic) bond motifs is 1. The van der Waals surface area contributed by atoms with Gasteiger partial charge < -0.3 is 9.88 Å². The number of nitrogens with one attached hydrogen (secondary N) is 1. The average Bonchev–Trinajstić information content (AvgIpc) is 2.98. The Morgan fingerprint density at radius 1 is 1.33 bits per heavy atom. The molecule has 1 aromatic carbocycles. The van der Waals surface area contributed by atoms with E-state index in [0.29, 0.717) is 0 Å². The minimum atomic E-state index is 0.115. The summed E-state index contributed by atoms with van der Waals surface area (Å²) in [6, 6.07) is 8.25. The predicted molar refractivity (Wildman–Crippen MR) is 72.7 cm³/mol. The SMILES string of the molecule is CC(Nc1cnns1)c1nc2ccccc2n1C. The number of aromatic nitrogens is 4. The number of hydrogen-bond acceptors (Lipinski definition) is 5. The van der Waals surface area contributed by atoms with E-state index in [1.165, 1.54) is 11.5 Å². The molecule has 0 saturated carbocycles. The lowest BCUT2D eigenvalue weighted by atomic mass is 10.3. The van der Waals surface area contributed by atoms with Crippen LogP contribution in [0, 0.1) is 0 Å². The average molecular weight is 259 g/mol. The Morgan fingerprint density at radius 3 is 2.89 bits per heavy atom. The second kappa shape index (κ2) is 4.38. The van der Waals surface area contributed by atoms with Gasteiger partial charge in [-0.25, -0.2) is 4.98 Å². The van der Waals surface area contributed by atoms with Gasteiger partial charge in [-0.1, -0.05) is 16.6 Å². The molecular formula is C12H13N5S. The van der Waals surface area contributed by atoms with E-state index < -0.39 is 0 Å². The normalized spacial score (nSPS) is 12.8. The zero-order valence-electron chi connectivity index (χ0n) is 10.2. The third-order valence-corrected chi connectivity index (χ3v) is 3.52. The van der Waals surface area contributed by atoms with Gasteiger partial charge in [-0.3, -0.25) is 0 Å². The molecule has 1 atom stereocenters. The summed E-state index contributed by atoms with van der Waals surface area (Å²) in [6.07, 6.45) is 1.73. The number of benzene rings is 1. The molecule has 18 heavy (non-hydrogen) atoms. The highest BCUT2D eigenvalue weighted by Gasteiger charge is 2.14. The minimum Gasteiger partial charge on any atom is -0.365 e. The van der Waals surface area contributed by atoms with Crippen LogP contribution in [0.4, 0.5) is 5.00 Å². The molecule has 5 nitrogen and oxygen atoms in total. The van der Waals surface area contributed by atoms with Crippen molar-refractivity contribution in [1.29, 1.82) is 0 Å². The quantitative estimate of drug-likeness (QED) is 0.785. The molecule has 0 aliphatic heterocycles. The van der Waals surface area contributed by atoms with Crippen molar-refractivity contribution < 1.29 is 0 Å². The van der Waals surface area contributed by atoms with E-state index in [1.54, 1.807) is 6.20 Å². The molecule has 6 heteroatoms. The van der Waals surface area contributed by atoms with E-state index in [9.17, 15) is 0 Å². The number of nitrogens with zero attached hydrogens (tertiary/aromatic N) is 4. The number of para-hydroxylation sites is 2. The van der Waals surface area contributed by atoms with E-state index in [-0.39, 0.29) is 6.04 Å². The molecular weight excluding hydrogens is 246 g/mol. The molecule has 92 valence electrons. The molecule has 3 rings (SSSR count). The molecule has 3 aromatic rings. The van der Waals surface area contributed by atoms with E-state index in [4.69, 9.17) is 0 Å². The van der Waals surface area contributed by atoms with Crippen LogP contribution >= 0.6 is 11.5 Å². The number of rotatable bonds is 3. The Bertz CT molecular complexity index is 658. The second-order valence-electron chi connectivity index (χ2n) is 4.17. The second-order valence-corrected chi connectivity index (χ2v) is 4.95. The molecule has 0 aliphatic rings. The molecule has 2 aromatic heterocycles. The van der Waals surface area contributed by atoms with Gasteiger partial charge in [-0.15, -0.1) is 5.10 Å². The van der Waals surface area contributed by atoms with E-state index in [2.05, 4.69) is 37.4 Å². The molecule has 0 spiro atoms. The molecule has 0 aliphatic carbocycles. The van der Waals surface area contributed by atoms with Gasteiger partial charge in [0, 0.05) is 18.6 Å².